The highest BCUT2D eigenvalue weighted by atomic mass is 19.1. The number of aromatic nitrogens is 3. The molecule has 0 saturated heterocycles. The second-order valence-electron chi connectivity index (χ2n) is 7.82. The van der Waals surface area contributed by atoms with E-state index in [-0.39, 0.29) is 11.7 Å². The summed E-state index contributed by atoms with van der Waals surface area (Å²) in [6.45, 7) is 4.21. The summed E-state index contributed by atoms with van der Waals surface area (Å²) in [6.07, 6.45) is 2.53. The molecule has 0 aliphatic heterocycles. The summed E-state index contributed by atoms with van der Waals surface area (Å²) in [4.78, 5) is 19.1. The summed E-state index contributed by atoms with van der Waals surface area (Å²) in [7, 11) is 1.70. The average molecular weight is 448 g/mol. The lowest BCUT2D eigenvalue weighted by atomic mass is 10.0. The molecule has 1 amide bonds. The third-order valence-corrected chi connectivity index (χ3v) is 5.41. The summed E-state index contributed by atoms with van der Waals surface area (Å²) >= 11 is 0. The number of hydrogen-bond acceptors (Lipinski definition) is 5. The minimum absolute atomic E-state index is 0.200. The fourth-order valence-corrected chi connectivity index (χ4v) is 3.83. The number of nitrogens with one attached hydrogen (secondary N) is 1. The van der Waals surface area contributed by atoms with Gasteiger partial charge in [-0.05, 0) is 49.7 Å². The van der Waals surface area contributed by atoms with Crippen molar-refractivity contribution in [3.05, 3.63) is 77.5 Å². The standard InChI is InChI=1S/C25H25FN4O3/c1-4-33-22-11-17(8-9-20(22)16-6-5-7-19(26)10-16)25(32)30(3)14-18-12-27-23(15(2)31)21-13-28-29-24(18)21/h5-13,15,31H,4,14H2,1-3H3,(H,28,29). The zero-order valence-corrected chi connectivity index (χ0v) is 18.7. The number of aliphatic hydroxyl groups is 1. The number of H-pyrrole nitrogens is 1. The van der Waals surface area contributed by atoms with Crippen LogP contribution >= 0.6 is 0 Å². The van der Waals surface area contributed by atoms with Gasteiger partial charge in [0.25, 0.3) is 5.91 Å². The highest BCUT2D eigenvalue weighted by Gasteiger charge is 2.19. The largest absolute Gasteiger partial charge is 0.493 e. The molecule has 0 aliphatic rings. The first kappa shape index (κ1) is 22.4. The number of rotatable bonds is 7. The first-order chi connectivity index (χ1) is 15.9. The van der Waals surface area contributed by atoms with Gasteiger partial charge in [0.1, 0.15) is 11.6 Å². The Hall–Kier alpha value is -3.78. The molecule has 0 fully saturated rings. The molecule has 0 saturated carbocycles. The van der Waals surface area contributed by atoms with Crippen molar-refractivity contribution in [3.8, 4) is 16.9 Å². The van der Waals surface area contributed by atoms with Crippen molar-refractivity contribution < 1.29 is 19.0 Å². The Kier molecular flexibility index (Phi) is 6.37. The van der Waals surface area contributed by atoms with Crippen LogP contribution in [0.25, 0.3) is 22.0 Å². The summed E-state index contributed by atoms with van der Waals surface area (Å²) in [6, 6.07) is 11.4. The van der Waals surface area contributed by atoms with E-state index >= 15 is 0 Å². The van der Waals surface area contributed by atoms with Gasteiger partial charge < -0.3 is 14.7 Å². The van der Waals surface area contributed by atoms with Crippen molar-refractivity contribution in [2.75, 3.05) is 13.7 Å². The van der Waals surface area contributed by atoms with Gasteiger partial charge in [0.15, 0.2) is 0 Å². The van der Waals surface area contributed by atoms with Crippen molar-refractivity contribution >= 4 is 16.8 Å². The van der Waals surface area contributed by atoms with Gasteiger partial charge in [-0.25, -0.2) is 4.39 Å². The normalized spacial score (nSPS) is 12.0. The molecule has 33 heavy (non-hydrogen) atoms. The van der Waals surface area contributed by atoms with Crippen LogP contribution in [0.5, 0.6) is 5.75 Å². The molecule has 2 aromatic heterocycles. The van der Waals surface area contributed by atoms with Gasteiger partial charge in [-0.2, -0.15) is 5.10 Å². The molecular weight excluding hydrogens is 423 g/mol. The van der Waals surface area contributed by atoms with E-state index in [2.05, 4.69) is 15.2 Å². The van der Waals surface area contributed by atoms with Gasteiger partial charge >= 0.3 is 0 Å². The van der Waals surface area contributed by atoms with E-state index in [4.69, 9.17) is 4.74 Å². The van der Waals surface area contributed by atoms with Crippen LogP contribution in [0.1, 0.15) is 41.6 Å². The Morgan fingerprint density at radius 1 is 1.24 bits per heavy atom. The predicted molar refractivity (Wildman–Crippen MR) is 123 cm³/mol. The summed E-state index contributed by atoms with van der Waals surface area (Å²) in [5, 5.41) is 17.7. The fraction of sp³-hybridized carbons (Fsp3) is 0.240. The van der Waals surface area contributed by atoms with Crippen LogP contribution in [0.15, 0.2) is 54.9 Å². The first-order valence-corrected chi connectivity index (χ1v) is 10.7. The van der Waals surface area contributed by atoms with E-state index < -0.39 is 6.10 Å². The summed E-state index contributed by atoms with van der Waals surface area (Å²) in [5.74, 6) is -0.0227. The number of fused-ring (bicyclic) bond motifs is 1. The molecule has 0 aliphatic carbocycles. The van der Waals surface area contributed by atoms with Gasteiger partial charge in [-0.15, -0.1) is 0 Å². The third kappa shape index (κ3) is 4.56. The maximum Gasteiger partial charge on any atom is 0.254 e. The number of hydrogen-bond donors (Lipinski definition) is 2. The molecule has 170 valence electrons. The summed E-state index contributed by atoms with van der Waals surface area (Å²) < 4.78 is 19.5. The molecule has 2 heterocycles. The van der Waals surface area contributed by atoms with Crippen LogP contribution in [0.3, 0.4) is 0 Å². The Morgan fingerprint density at radius 3 is 2.79 bits per heavy atom. The maximum atomic E-state index is 13.7. The molecule has 0 bridgehead atoms. The number of carbonyl (C=O) groups is 1. The van der Waals surface area contributed by atoms with E-state index in [1.54, 1.807) is 61.6 Å². The molecule has 1 unspecified atom stereocenters. The zero-order chi connectivity index (χ0) is 23.5. The highest BCUT2D eigenvalue weighted by Crippen LogP contribution is 2.32. The molecule has 8 heteroatoms. The lowest BCUT2D eigenvalue weighted by Crippen LogP contribution is -2.26. The molecular formula is C25H25FN4O3. The average Bonchev–Trinajstić information content (AvgIpc) is 3.29. The van der Waals surface area contributed by atoms with Gasteiger partial charge in [0, 0.05) is 41.9 Å². The Morgan fingerprint density at radius 2 is 2.06 bits per heavy atom. The molecule has 0 spiro atoms. The Balaban J connectivity index is 1.61. The van der Waals surface area contributed by atoms with Crippen LogP contribution in [-0.4, -0.2) is 44.7 Å². The van der Waals surface area contributed by atoms with Crippen molar-refractivity contribution in [3.63, 3.8) is 0 Å². The number of carbonyl (C=O) groups excluding carboxylic acids is 1. The zero-order valence-electron chi connectivity index (χ0n) is 18.7. The van der Waals surface area contributed by atoms with Crippen LogP contribution < -0.4 is 4.74 Å². The lowest BCUT2D eigenvalue weighted by molar-refractivity contribution is 0.0785. The topological polar surface area (TPSA) is 91.3 Å². The monoisotopic (exact) mass is 448 g/mol. The van der Waals surface area contributed by atoms with E-state index in [1.807, 2.05) is 6.92 Å². The second kappa shape index (κ2) is 9.38. The van der Waals surface area contributed by atoms with Gasteiger partial charge in [-0.3, -0.25) is 14.9 Å². The SMILES string of the molecule is CCOc1cc(C(=O)N(C)Cc2cnc(C(C)O)c3cn[nH]c23)ccc1-c1cccc(F)c1. The first-order valence-electron chi connectivity index (χ1n) is 10.7. The second-order valence-corrected chi connectivity index (χ2v) is 7.82. The van der Waals surface area contributed by atoms with Crippen LogP contribution in [0.2, 0.25) is 0 Å². The smallest absolute Gasteiger partial charge is 0.254 e. The molecule has 0 radical (unpaired) electrons. The van der Waals surface area contributed by atoms with Crippen LogP contribution in [0, 0.1) is 5.82 Å². The minimum atomic E-state index is -0.730. The molecule has 2 aromatic carbocycles. The van der Waals surface area contributed by atoms with Crippen molar-refractivity contribution in [2.24, 2.45) is 0 Å². The van der Waals surface area contributed by atoms with E-state index in [9.17, 15) is 14.3 Å². The number of pyridine rings is 1. The van der Waals surface area contributed by atoms with Gasteiger partial charge in [0.2, 0.25) is 0 Å². The molecule has 4 rings (SSSR count). The number of ether oxygens (including phenoxy) is 1. The van der Waals surface area contributed by atoms with Crippen molar-refractivity contribution in [1.82, 2.24) is 20.1 Å². The molecule has 4 aromatic rings. The van der Waals surface area contributed by atoms with Gasteiger partial charge in [-0.1, -0.05) is 12.1 Å². The molecule has 2 N–H and O–H groups in total. The number of aromatic amines is 1. The van der Waals surface area contributed by atoms with E-state index in [0.717, 1.165) is 16.5 Å². The number of benzene rings is 2. The number of halogens is 1. The highest BCUT2D eigenvalue weighted by molar-refractivity contribution is 5.96. The van der Waals surface area contributed by atoms with Crippen molar-refractivity contribution in [1.29, 1.82) is 0 Å². The molecule has 7 nitrogen and oxygen atoms in total. The summed E-state index contributed by atoms with van der Waals surface area (Å²) in [5.41, 5.74) is 3.90. The Bertz CT molecular complexity index is 1300. The number of amides is 1. The fourth-order valence-electron chi connectivity index (χ4n) is 3.83. The lowest BCUT2D eigenvalue weighted by Gasteiger charge is -2.19. The van der Waals surface area contributed by atoms with Crippen LogP contribution in [-0.2, 0) is 6.54 Å². The van der Waals surface area contributed by atoms with E-state index in [0.29, 0.717) is 41.3 Å². The quantitative estimate of drug-likeness (QED) is 0.435. The van der Waals surface area contributed by atoms with Crippen LogP contribution in [0.4, 0.5) is 4.39 Å². The predicted octanol–water partition coefficient (Wildman–Crippen LogP) is 4.49. The number of aliphatic hydroxyl groups excluding tert-OH is 1. The Labute approximate surface area is 190 Å². The van der Waals surface area contributed by atoms with E-state index in [1.165, 1.54) is 12.1 Å². The third-order valence-electron chi connectivity index (χ3n) is 5.41. The maximum absolute atomic E-state index is 13.7. The minimum Gasteiger partial charge on any atom is -0.493 e. The number of nitrogens with zero attached hydrogens (tertiary/aromatic N) is 3. The molecule has 1 atom stereocenters. The van der Waals surface area contributed by atoms with Crippen molar-refractivity contribution in [2.45, 2.75) is 26.5 Å². The van der Waals surface area contributed by atoms with Gasteiger partial charge in [0.05, 0.1) is 30.1 Å².